The lowest BCUT2D eigenvalue weighted by atomic mass is 10.2. The molecule has 1 N–H and O–H groups in total. The van der Waals surface area contributed by atoms with Crippen LogP contribution in [0, 0.1) is 0 Å². The van der Waals surface area contributed by atoms with Crippen LogP contribution in [-0.2, 0) is 0 Å². The van der Waals surface area contributed by atoms with Crippen molar-refractivity contribution >= 4 is 11.8 Å². The van der Waals surface area contributed by atoms with Crippen LogP contribution in [0.25, 0.3) is 0 Å². The summed E-state index contributed by atoms with van der Waals surface area (Å²) in [6.07, 6.45) is 5.65. The van der Waals surface area contributed by atoms with Gasteiger partial charge in [0.05, 0.1) is 4.87 Å². The topological polar surface area (TPSA) is 12.0 Å². The van der Waals surface area contributed by atoms with Gasteiger partial charge in [-0.05, 0) is 19.8 Å². The van der Waals surface area contributed by atoms with Crippen LogP contribution in [-0.4, -0.2) is 16.2 Å². The number of rotatable bonds is 0. The van der Waals surface area contributed by atoms with E-state index in [2.05, 4.69) is 30.9 Å². The highest BCUT2D eigenvalue weighted by atomic mass is 32.2. The van der Waals surface area contributed by atoms with Gasteiger partial charge in [-0.1, -0.05) is 19.8 Å². The van der Waals surface area contributed by atoms with E-state index in [1.165, 1.54) is 25.7 Å². The molecular weight excluding hydrogens is 154 g/mol. The van der Waals surface area contributed by atoms with Gasteiger partial charge in [0, 0.05) is 11.3 Å². The molecule has 0 radical (unpaired) electrons. The van der Waals surface area contributed by atoms with Crippen LogP contribution in [0.3, 0.4) is 0 Å². The maximum atomic E-state index is 3.74. The number of nitrogens with one attached hydrogen (secondary N) is 1. The molecule has 0 bridgehead atoms. The van der Waals surface area contributed by atoms with Gasteiger partial charge in [0.25, 0.3) is 0 Å². The molecule has 1 nitrogen and oxygen atoms in total. The zero-order valence-corrected chi connectivity index (χ0v) is 8.21. The molecule has 2 unspecified atom stereocenters. The maximum Gasteiger partial charge on any atom is 0.0650 e. The van der Waals surface area contributed by atoms with Gasteiger partial charge in [0.15, 0.2) is 0 Å². The van der Waals surface area contributed by atoms with Crippen molar-refractivity contribution in [1.82, 2.24) is 5.32 Å². The first-order valence-corrected chi connectivity index (χ1v) is 5.55. The van der Waals surface area contributed by atoms with Gasteiger partial charge < -0.3 is 0 Å². The van der Waals surface area contributed by atoms with Crippen molar-refractivity contribution in [3.05, 3.63) is 0 Å². The van der Waals surface area contributed by atoms with E-state index < -0.39 is 0 Å². The third-order valence-electron chi connectivity index (χ3n) is 3.02. The fourth-order valence-electron chi connectivity index (χ4n) is 2.23. The zero-order chi connectivity index (χ0) is 7.90. The fourth-order valence-corrected chi connectivity index (χ4v) is 3.99. The second-order valence-corrected chi connectivity index (χ2v) is 5.72. The predicted octanol–water partition coefficient (Wildman–Crippen LogP) is 2.37. The summed E-state index contributed by atoms with van der Waals surface area (Å²) in [4.78, 5) is 0.499. The van der Waals surface area contributed by atoms with Crippen molar-refractivity contribution < 1.29 is 0 Å². The largest absolute Gasteiger partial charge is 0.299 e. The smallest absolute Gasteiger partial charge is 0.0650 e. The van der Waals surface area contributed by atoms with Gasteiger partial charge in [-0.15, -0.1) is 11.8 Å². The molecule has 1 heterocycles. The molecule has 0 aromatic carbocycles. The first-order chi connectivity index (χ1) is 5.22. The highest BCUT2D eigenvalue weighted by Gasteiger charge is 2.43. The lowest BCUT2D eigenvalue weighted by Crippen LogP contribution is -2.38. The molecule has 2 aliphatic rings. The zero-order valence-electron chi connectivity index (χ0n) is 7.39. The van der Waals surface area contributed by atoms with E-state index in [4.69, 9.17) is 0 Å². The van der Waals surface area contributed by atoms with E-state index in [1.54, 1.807) is 0 Å². The van der Waals surface area contributed by atoms with Crippen molar-refractivity contribution in [2.24, 2.45) is 0 Å². The maximum absolute atomic E-state index is 3.74. The first kappa shape index (κ1) is 7.93. The summed E-state index contributed by atoms with van der Waals surface area (Å²) in [5, 5.41) is 4.55. The van der Waals surface area contributed by atoms with Crippen LogP contribution >= 0.6 is 11.8 Å². The third-order valence-corrected chi connectivity index (χ3v) is 4.77. The van der Waals surface area contributed by atoms with Crippen molar-refractivity contribution in [3.63, 3.8) is 0 Å². The first-order valence-electron chi connectivity index (χ1n) is 4.67. The van der Waals surface area contributed by atoms with Gasteiger partial charge in [0.2, 0.25) is 0 Å². The van der Waals surface area contributed by atoms with E-state index in [0.29, 0.717) is 4.87 Å². The molecule has 2 heteroatoms. The van der Waals surface area contributed by atoms with E-state index in [-0.39, 0.29) is 0 Å². The minimum absolute atomic E-state index is 0.499. The molecule has 1 saturated carbocycles. The monoisotopic (exact) mass is 171 g/mol. The van der Waals surface area contributed by atoms with E-state index >= 15 is 0 Å². The number of hydrogen-bond donors (Lipinski definition) is 1. The lowest BCUT2D eigenvalue weighted by Gasteiger charge is -2.22. The molecule has 2 atom stereocenters. The summed E-state index contributed by atoms with van der Waals surface area (Å²) in [5.41, 5.74) is 0. The molecular formula is C9H17NS. The van der Waals surface area contributed by atoms with Crippen LogP contribution in [0.15, 0.2) is 0 Å². The number of thioether (sulfide) groups is 1. The Morgan fingerprint density at radius 2 is 1.91 bits per heavy atom. The van der Waals surface area contributed by atoms with E-state index in [9.17, 15) is 0 Å². The Morgan fingerprint density at radius 3 is 2.36 bits per heavy atom. The van der Waals surface area contributed by atoms with Crippen LogP contribution in [0.5, 0.6) is 0 Å². The average molecular weight is 171 g/mol. The van der Waals surface area contributed by atoms with Crippen molar-refractivity contribution in [3.8, 4) is 0 Å². The normalized spacial score (nSPS) is 42.0. The molecule has 1 spiro atoms. The molecule has 2 fully saturated rings. The van der Waals surface area contributed by atoms with Gasteiger partial charge in [-0.2, -0.15) is 0 Å². The highest BCUT2D eigenvalue weighted by molar-refractivity contribution is 8.01. The minimum Gasteiger partial charge on any atom is -0.299 e. The standard InChI is InChI=1S/C9H17NS/c1-7-8(2)11-9(10-7)5-3-4-6-9/h7-8,10H,3-6H2,1-2H3. The Bertz CT molecular complexity index is 140. The van der Waals surface area contributed by atoms with Gasteiger partial charge >= 0.3 is 0 Å². The fraction of sp³-hybridized carbons (Fsp3) is 1.00. The molecule has 1 aliphatic carbocycles. The van der Waals surface area contributed by atoms with E-state index in [1.807, 2.05) is 0 Å². The Morgan fingerprint density at radius 1 is 1.27 bits per heavy atom. The molecule has 1 aliphatic heterocycles. The van der Waals surface area contributed by atoms with Gasteiger partial charge in [-0.3, -0.25) is 5.32 Å². The van der Waals surface area contributed by atoms with Crippen LogP contribution < -0.4 is 5.32 Å². The summed E-state index contributed by atoms with van der Waals surface area (Å²) in [5.74, 6) is 0. The van der Waals surface area contributed by atoms with Crippen LogP contribution in [0.2, 0.25) is 0 Å². The van der Waals surface area contributed by atoms with Crippen molar-refractivity contribution in [1.29, 1.82) is 0 Å². The Labute approximate surface area is 73.3 Å². The molecule has 11 heavy (non-hydrogen) atoms. The molecule has 64 valence electrons. The third kappa shape index (κ3) is 1.31. The van der Waals surface area contributed by atoms with Crippen molar-refractivity contribution in [2.45, 2.75) is 55.7 Å². The highest BCUT2D eigenvalue weighted by Crippen LogP contribution is 2.46. The molecule has 0 amide bonds. The molecule has 0 aromatic rings. The quantitative estimate of drug-likeness (QED) is 0.600. The summed E-state index contributed by atoms with van der Waals surface area (Å²) in [6, 6.07) is 0.720. The molecule has 1 saturated heterocycles. The molecule has 2 rings (SSSR count). The summed E-state index contributed by atoms with van der Waals surface area (Å²) >= 11 is 2.17. The average Bonchev–Trinajstić information content (AvgIpc) is 2.46. The Kier molecular flexibility index (Phi) is 1.92. The minimum atomic E-state index is 0.499. The SMILES string of the molecule is CC1NC2(CCCC2)SC1C. The molecule has 0 aromatic heterocycles. The lowest BCUT2D eigenvalue weighted by molar-refractivity contribution is 0.448. The summed E-state index contributed by atoms with van der Waals surface area (Å²) in [6.45, 7) is 4.65. The number of hydrogen-bond acceptors (Lipinski definition) is 2. The summed E-state index contributed by atoms with van der Waals surface area (Å²) < 4.78 is 0. The van der Waals surface area contributed by atoms with E-state index in [0.717, 1.165) is 11.3 Å². The van der Waals surface area contributed by atoms with Gasteiger partial charge in [0.1, 0.15) is 0 Å². The summed E-state index contributed by atoms with van der Waals surface area (Å²) in [7, 11) is 0. The Balaban J connectivity index is 2.06. The predicted molar refractivity (Wildman–Crippen MR) is 50.8 cm³/mol. The van der Waals surface area contributed by atoms with Gasteiger partial charge in [-0.25, -0.2) is 0 Å². The van der Waals surface area contributed by atoms with Crippen molar-refractivity contribution in [2.75, 3.05) is 0 Å². The van der Waals surface area contributed by atoms with Crippen LogP contribution in [0.4, 0.5) is 0 Å². The van der Waals surface area contributed by atoms with Crippen LogP contribution in [0.1, 0.15) is 39.5 Å². The second-order valence-electron chi connectivity index (χ2n) is 3.96. The Hall–Kier alpha value is 0.310. The second kappa shape index (κ2) is 2.67.